The third-order valence-corrected chi connectivity index (χ3v) is 3.44. The molecule has 0 unspecified atom stereocenters. The summed E-state index contributed by atoms with van der Waals surface area (Å²) in [4.78, 5) is 4.57. The number of nitrogens with one attached hydrogen (secondary N) is 2. The molecule has 0 aliphatic heterocycles. The second-order valence-electron chi connectivity index (χ2n) is 4.88. The second kappa shape index (κ2) is 7.09. The molecule has 1 aromatic carbocycles. The summed E-state index contributed by atoms with van der Waals surface area (Å²) in [6.07, 6.45) is 5.83. The number of aliphatic imine (C=N–C) groups is 1. The average molecular weight is 280 g/mol. The van der Waals surface area contributed by atoms with E-state index < -0.39 is 0 Å². The number of guanidine groups is 1. The van der Waals surface area contributed by atoms with Gasteiger partial charge in [0, 0.05) is 6.07 Å². The zero-order valence-electron chi connectivity index (χ0n) is 11.7. The molecule has 1 aromatic rings. The summed E-state index contributed by atoms with van der Waals surface area (Å²) in [6.45, 7) is 0. The van der Waals surface area contributed by atoms with Gasteiger partial charge in [0.05, 0.1) is 18.8 Å². The largest absolute Gasteiger partial charge is 0.494 e. The number of nitrogens with zero attached hydrogens (tertiary/aromatic N) is 1. The van der Waals surface area contributed by atoms with Gasteiger partial charge in [0.15, 0.2) is 0 Å². The van der Waals surface area contributed by atoms with Gasteiger partial charge in [-0.25, -0.2) is 15.2 Å². The summed E-state index contributed by atoms with van der Waals surface area (Å²) >= 11 is 0. The van der Waals surface area contributed by atoms with E-state index in [4.69, 9.17) is 10.6 Å². The lowest BCUT2D eigenvalue weighted by atomic mass is 9.96. The van der Waals surface area contributed by atoms with Gasteiger partial charge in [0.2, 0.25) is 5.96 Å². The minimum Gasteiger partial charge on any atom is -0.494 e. The van der Waals surface area contributed by atoms with Gasteiger partial charge in [0.25, 0.3) is 0 Å². The Hall–Kier alpha value is -1.82. The van der Waals surface area contributed by atoms with Gasteiger partial charge in [-0.1, -0.05) is 19.3 Å². The first-order chi connectivity index (χ1) is 9.72. The van der Waals surface area contributed by atoms with Crippen LogP contribution in [0.25, 0.3) is 0 Å². The highest BCUT2D eigenvalue weighted by Crippen LogP contribution is 2.25. The molecule has 110 valence electrons. The molecule has 1 fully saturated rings. The van der Waals surface area contributed by atoms with Crippen LogP contribution >= 0.6 is 0 Å². The van der Waals surface area contributed by atoms with Crippen LogP contribution in [0.15, 0.2) is 23.2 Å². The average Bonchev–Trinajstić information content (AvgIpc) is 2.49. The summed E-state index contributed by atoms with van der Waals surface area (Å²) in [5.74, 6) is 6.04. The minimum absolute atomic E-state index is 0.286. The second-order valence-corrected chi connectivity index (χ2v) is 4.88. The van der Waals surface area contributed by atoms with Crippen molar-refractivity contribution in [2.45, 2.75) is 38.1 Å². The van der Waals surface area contributed by atoms with Crippen LogP contribution in [0.1, 0.15) is 32.1 Å². The van der Waals surface area contributed by atoms with Gasteiger partial charge in [-0.2, -0.15) is 0 Å². The van der Waals surface area contributed by atoms with E-state index in [2.05, 4.69) is 15.7 Å². The lowest BCUT2D eigenvalue weighted by Crippen LogP contribution is -2.37. The summed E-state index contributed by atoms with van der Waals surface area (Å²) in [5, 5.41) is 3.04. The maximum atomic E-state index is 13.1. The highest BCUT2D eigenvalue weighted by atomic mass is 19.1. The number of hydrogen-bond acceptors (Lipinski definition) is 3. The van der Waals surface area contributed by atoms with Gasteiger partial charge in [-0.3, -0.25) is 5.43 Å². The molecule has 20 heavy (non-hydrogen) atoms. The van der Waals surface area contributed by atoms with Crippen LogP contribution in [0.5, 0.6) is 5.75 Å². The van der Waals surface area contributed by atoms with Crippen LogP contribution in [0.4, 0.5) is 10.1 Å². The smallest absolute Gasteiger partial charge is 0.210 e. The van der Waals surface area contributed by atoms with E-state index >= 15 is 0 Å². The number of ether oxygens (including phenoxy) is 1. The topological polar surface area (TPSA) is 71.7 Å². The molecule has 1 aliphatic rings. The third kappa shape index (κ3) is 3.84. The standard InChI is InChI=1S/C14H21FN4O/c1-20-13-9-10(15)7-8-12(13)18-14(19-16)17-11-5-3-2-4-6-11/h7-9,11H,2-6,16H2,1H3,(H2,17,18,19). The van der Waals surface area contributed by atoms with Crippen molar-refractivity contribution in [2.24, 2.45) is 10.8 Å². The number of rotatable bonds is 3. The Labute approximate surface area is 118 Å². The molecular weight excluding hydrogens is 259 g/mol. The molecular formula is C14H21FN4O. The molecule has 6 heteroatoms. The molecule has 4 N–H and O–H groups in total. The van der Waals surface area contributed by atoms with Crippen LogP contribution in [0, 0.1) is 5.82 Å². The lowest BCUT2D eigenvalue weighted by molar-refractivity contribution is 0.413. The SMILES string of the molecule is COc1cc(F)ccc1NC(=NC1CCCCC1)NN. The normalized spacial score (nSPS) is 16.9. The zero-order valence-corrected chi connectivity index (χ0v) is 11.7. The number of methoxy groups -OCH3 is 1. The van der Waals surface area contributed by atoms with Gasteiger partial charge in [-0.15, -0.1) is 0 Å². The first-order valence-electron chi connectivity index (χ1n) is 6.88. The quantitative estimate of drug-likeness (QED) is 0.344. The molecule has 2 rings (SSSR count). The van der Waals surface area contributed by atoms with Gasteiger partial charge >= 0.3 is 0 Å². The van der Waals surface area contributed by atoms with Crippen molar-refractivity contribution in [3.63, 3.8) is 0 Å². The van der Waals surface area contributed by atoms with Crippen molar-refractivity contribution in [2.75, 3.05) is 12.4 Å². The Balaban J connectivity index is 2.11. The zero-order chi connectivity index (χ0) is 14.4. The van der Waals surface area contributed by atoms with Crippen molar-refractivity contribution in [1.82, 2.24) is 5.43 Å². The van der Waals surface area contributed by atoms with Crippen LogP contribution < -0.4 is 21.3 Å². The first-order valence-corrected chi connectivity index (χ1v) is 6.88. The van der Waals surface area contributed by atoms with E-state index in [-0.39, 0.29) is 11.9 Å². The first kappa shape index (κ1) is 14.6. The van der Waals surface area contributed by atoms with Crippen LogP contribution in [-0.2, 0) is 0 Å². The lowest BCUT2D eigenvalue weighted by Gasteiger charge is -2.20. The molecule has 1 saturated carbocycles. The predicted molar refractivity (Wildman–Crippen MR) is 78.2 cm³/mol. The summed E-state index contributed by atoms with van der Waals surface area (Å²) in [5.41, 5.74) is 3.18. The van der Waals surface area contributed by atoms with E-state index in [1.807, 2.05) is 0 Å². The number of hydrogen-bond donors (Lipinski definition) is 3. The number of nitrogens with two attached hydrogens (primary N) is 1. The maximum Gasteiger partial charge on any atom is 0.210 e. The van der Waals surface area contributed by atoms with Crippen LogP contribution in [-0.4, -0.2) is 19.1 Å². The fraction of sp³-hybridized carbons (Fsp3) is 0.500. The Morgan fingerprint density at radius 2 is 2.10 bits per heavy atom. The Morgan fingerprint density at radius 3 is 2.75 bits per heavy atom. The highest BCUT2D eigenvalue weighted by molar-refractivity contribution is 5.94. The van der Waals surface area contributed by atoms with Crippen LogP contribution in [0.3, 0.4) is 0 Å². The van der Waals surface area contributed by atoms with E-state index in [0.717, 1.165) is 12.8 Å². The predicted octanol–water partition coefficient (Wildman–Crippen LogP) is 2.40. The fourth-order valence-electron chi connectivity index (χ4n) is 2.39. The molecule has 0 amide bonds. The van der Waals surface area contributed by atoms with Gasteiger partial charge in [0.1, 0.15) is 11.6 Å². The number of halogens is 1. The fourth-order valence-corrected chi connectivity index (χ4v) is 2.39. The van der Waals surface area contributed by atoms with Crippen molar-refractivity contribution in [3.8, 4) is 5.75 Å². The number of anilines is 1. The molecule has 0 bridgehead atoms. The Bertz CT molecular complexity index is 472. The Kier molecular flexibility index (Phi) is 5.17. The van der Waals surface area contributed by atoms with E-state index in [1.165, 1.54) is 38.5 Å². The van der Waals surface area contributed by atoms with E-state index in [0.29, 0.717) is 17.4 Å². The van der Waals surface area contributed by atoms with E-state index in [9.17, 15) is 4.39 Å². The molecule has 0 spiro atoms. The van der Waals surface area contributed by atoms with Crippen molar-refractivity contribution in [3.05, 3.63) is 24.0 Å². The molecule has 1 aliphatic carbocycles. The number of benzene rings is 1. The molecule has 0 saturated heterocycles. The Morgan fingerprint density at radius 1 is 1.35 bits per heavy atom. The molecule has 0 atom stereocenters. The molecule has 0 heterocycles. The molecule has 5 nitrogen and oxygen atoms in total. The van der Waals surface area contributed by atoms with Crippen LogP contribution in [0.2, 0.25) is 0 Å². The molecule has 0 radical (unpaired) electrons. The van der Waals surface area contributed by atoms with Crippen molar-refractivity contribution < 1.29 is 9.13 Å². The third-order valence-electron chi connectivity index (χ3n) is 3.44. The number of hydrazine groups is 1. The maximum absolute atomic E-state index is 13.1. The van der Waals surface area contributed by atoms with Crippen molar-refractivity contribution >= 4 is 11.6 Å². The summed E-state index contributed by atoms with van der Waals surface area (Å²) < 4.78 is 18.3. The van der Waals surface area contributed by atoms with E-state index in [1.54, 1.807) is 6.07 Å². The highest BCUT2D eigenvalue weighted by Gasteiger charge is 2.14. The minimum atomic E-state index is -0.348. The van der Waals surface area contributed by atoms with Gasteiger partial charge in [-0.05, 0) is 25.0 Å². The molecule has 0 aromatic heterocycles. The van der Waals surface area contributed by atoms with Crippen molar-refractivity contribution in [1.29, 1.82) is 0 Å². The van der Waals surface area contributed by atoms with Gasteiger partial charge < -0.3 is 10.1 Å². The summed E-state index contributed by atoms with van der Waals surface area (Å²) in [6, 6.07) is 4.56. The monoisotopic (exact) mass is 280 g/mol. The summed E-state index contributed by atoms with van der Waals surface area (Å²) in [7, 11) is 1.49.